The third kappa shape index (κ3) is 4.91. The molecule has 84 valence electrons. The second-order valence-corrected chi connectivity index (χ2v) is 4.05. The van der Waals surface area contributed by atoms with Crippen LogP contribution in [0.3, 0.4) is 0 Å². The monoisotopic (exact) mass is 246 g/mol. The van der Waals surface area contributed by atoms with Crippen molar-refractivity contribution in [2.45, 2.75) is 6.54 Å². The molecule has 0 saturated heterocycles. The van der Waals surface area contributed by atoms with Crippen LogP contribution in [0.25, 0.3) is 0 Å². The van der Waals surface area contributed by atoms with Crippen molar-refractivity contribution in [2.75, 3.05) is 20.1 Å². The van der Waals surface area contributed by atoms with Gasteiger partial charge in [-0.3, -0.25) is 0 Å². The molecule has 1 rings (SSSR count). The first-order chi connectivity index (χ1) is 7.22. The van der Waals surface area contributed by atoms with Crippen LogP contribution in [-0.4, -0.2) is 35.3 Å². The summed E-state index contributed by atoms with van der Waals surface area (Å²) in [7, 11) is 1.78. The van der Waals surface area contributed by atoms with Gasteiger partial charge in [0.1, 0.15) is 0 Å². The first-order valence-corrected chi connectivity index (χ1v) is 5.81. The molecule has 0 aromatic carbocycles. The number of thiocarbonyl (C=S) groups is 1. The second kappa shape index (κ2) is 6.54. The summed E-state index contributed by atoms with van der Waals surface area (Å²) < 4.78 is 0. The van der Waals surface area contributed by atoms with E-state index >= 15 is 0 Å². The van der Waals surface area contributed by atoms with Crippen molar-refractivity contribution >= 4 is 28.7 Å². The molecule has 1 aromatic heterocycles. The Morgan fingerprint density at radius 2 is 2.40 bits per heavy atom. The van der Waals surface area contributed by atoms with Crippen LogP contribution in [0.5, 0.6) is 5.19 Å². The number of hydrogen-bond donors (Lipinski definition) is 4. The fraction of sp³-hybridized carbons (Fsp3) is 0.500. The lowest BCUT2D eigenvalue weighted by Gasteiger charge is -2.06. The maximum absolute atomic E-state index is 9.00. The average molecular weight is 246 g/mol. The Morgan fingerprint density at radius 3 is 3.00 bits per heavy atom. The summed E-state index contributed by atoms with van der Waals surface area (Å²) in [6.07, 6.45) is 0. The van der Waals surface area contributed by atoms with E-state index in [-0.39, 0.29) is 5.19 Å². The zero-order chi connectivity index (χ0) is 11.1. The predicted octanol–water partition coefficient (Wildman–Crippen LogP) is 0.0322. The van der Waals surface area contributed by atoms with Crippen molar-refractivity contribution in [1.29, 1.82) is 0 Å². The molecule has 5 nitrogen and oxygen atoms in total. The third-order valence-corrected chi connectivity index (χ3v) is 2.70. The van der Waals surface area contributed by atoms with E-state index in [1.807, 2.05) is 5.38 Å². The molecule has 0 amide bonds. The van der Waals surface area contributed by atoms with Gasteiger partial charge >= 0.3 is 0 Å². The molecule has 0 unspecified atom stereocenters. The van der Waals surface area contributed by atoms with Crippen molar-refractivity contribution in [1.82, 2.24) is 20.9 Å². The van der Waals surface area contributed by atoms with E-state index in [0.717, 1.165) is 18.8 Å². The molecule has 4 N–H and O–H groups in total. The molecular formula is C8H14N4OS2. The molecule has 1 heterocycles. The normalized spacial score (nSPS) is 9.93. The van der Waals surface area contributed by atoms with E-state index in [4.69, 9.17) is 17.3 Å². The lowest BCUT2D eigenvalue weighted by atomic mass is 10.5. The summed E-state index contributed by atoms with van der Waals surface area (Å²) in [5.74, 6) is 0. The molecule has 7 heteroatoms. The largest absolute Gasteiger partial charge is 0.486 e. The Balaban J connectivity index is 2.05. The summed E-state index contributed by atoms with van der Waals surface area (Å²) >= 11 is 6.14. The minimum atomic E-state index is 0.112. The molecule has 0 bridgehead atoms. The average Bonchev–Trinajstić information content (AvgIpc) is 2.63. The van der Waals surface area contributed by atoms with Gasteiger partial charge in [-0.25, -0.2) is 4.98 Å². The summed E-state index contributed by atoms with van der Waals surface area (Å²) in [6, 6.07) is 0. The number of nitrogens with zero attached hydrogens (tertiary/aromatic N) is 1. The van der Waals surface area contributed by atoms with Crippen molar-refractivity contribution in [2.24, 2.45) is 0 Å². The van der Waals surface area contributed by atoms with Crippen molar-refractivity contribution in [3.05, 3.63) is 11.1 Å². The molecule has 0 aliphatic rings. The van der Waals surface area contributed by atoms with Gasteiger partial charge in [0.15, 0.2) is 5.11 Å². The van der Waals surface area contributed by atoms with Gasteiger partial charge in [0, 0.05) is 32.1 Å². The number of aromatic hydroxyl groups is 1. The molecule has 0 aliphatic carbocycles. The van der Waals surface area contributed by atoms with Gasteiger partial charge in [-0.05, 0) is 12.2 Å². The van der Waals surface area contributed by atoms with E-state index in [9.17, 15) is 0 Å². The molecule has 0 spiro atoms. The van der Waals surface area contributed by atoms with Crippen molar-refractivity contribution < 1.29 is 5.11 Å². The van der Waals surface area contributed by atoms with Crippen LogP contribution in [0.2, 0.25) is 0 Å². The number of rotatable bonds is 5. The maximum Gasteiger partial charge on any atom is 0.270 e. The van der Waals surface area contributed by atoms with Crippen LogP contribution in [-0.2, 0) is 6.54 Å². The summed E-state index contributed by atoms with van der Waals surface area (Å²) in [4.78, 5) is 3.91. The van der Waals surface area contributed by atoms with Gasteiger partial charge in [0.25, 0.3) is 5.19 Å². The highest BCUT2D eigenvalue weighted by atomic mass is 32.1. The number of nitrogens with one attached hydrogen (secondary N) is 3. The SMILES string of the molecule is CNC(=S)NCCNCc1csc(O)n1. The van der Waals surface area contributed by atoms with Crippen molar-refractivity contribution in [3.63, 3.8) is 0 Å². The number of thiazole rings is 1. The molecule has 0 aliphatic heterocycles. The lowest BCUT2D eigenvalue weighted by Crippen LogP contribution is -2.37. The fourth-order valence-electron chi connectivity index (χ4n) is 0.947. The highest BCUT2D eigenvalue weighted by Crippen LogP contribution is 2.14. The lowest BCUT2D eigenvalue weighted by molar-refractivity contribution is 0.468. The van der Waals surface area contributed by atoms with E-state index < -0.39 is 0 Å². The van der Waals surface area contributed by atoms with Gasteiger partial charge in [-0.2, -0.15) is 0 Å². The molecule has 1 aromatic rings. The minimum absolute atomic E-state index is 0.112. The summed E-state index contributed by atoms with van der Waals surface area (Å²) in [5, 5.41) is 20.6. The predicted molar refractivity (Wildman–Crippen MR) is 65.1 cm³/mol. The highest BCUT2D eigenvalue weighted by Gasteiger charge is 1.98. The molecular weight excluding hydrogens is 232 g/mol. The minimum Gasteiger partial charge on any atom is -0.486 e. The smallest absolute Gasteiger partial charge is 0.270 e. The summed E-state index contributed by atoms with van der Waals surface area (Å²) in [6.45, 7) is 2.21. The Bertz CT molecular complexity index is 315. The van der Waals surface area contributed by atoms with Crippen molar-refractivity contribution in [3.8, 4) is 5.19 Å². The Kier molecular flexibility index (Phi) is 5.30. The second-order valence-electron chi connectivity index (χ2n) is 2.80. The van der Waals surface area contributed by atoms with Crippen LogP contribution in [0.1, 0.15) is 5.69 Å². The van der Waals surface area contributed by atoms with Crippen LogP contribution in [0, 0.1) is 0 Å². The number of hydrogen-bond acceptors (Lipinski definition) is 5. The van der Waals surface area contributed by atoms with E-state index in [1.54, 1.807) is 7.05 Å². The van der Waals surface area contributed by atoms with Gasteiger partial charge in [0.2, 0.25) is 0 Å². The maximum atomic E-state index is 9.00. The number of aromatic nitrogens is 1. The topological polar surface area (TPSA) is 69.2 Å². The first-order valence-electron chi connectivity index (χ1n) is 4.52. The molecule has 15 heavy (non-hydrogen) atoms. The summed E-state index contributed by atoms with van der Waals surface area (Å²) in [5.41, 5.74) is 0.855. The Morgan fingerprint density at radius 1 is 1.60 bits per heavy atom. The molecule has 0 saturated carbocycles. The quantitative estimate of drug-likeness (QED) is 0.434. The van der Waals surface area contributed by atoms with Gasteiger partial charge in [0.05, 0.1) is 5.69 Å². The highest BCUT2D eigenvalue weighted by molar-refractivity contribution is 7.80. The molecule has 0 atom stereocenters. The van der Waals surface area contributed by atoms with Crippen LogP contribution >= 0.6 is 23.6 Å². The Labute approximate surface area is 97.9 Å². The van der Waals surface area contributed by atoms with E-state index in [1.165, 1.54) is 11.3 Å². The fourth-order valence-corrected chi connectivity index (χ4v) is 1.60. The molecule has 0 fully saturated rings. The molecule has 0 radical (unpaired) electrons. The first kappa shape index (κ1) is 12.2. The van der Waals surface area contributed by atoms with Crippen LogP contribution in [0.15, 0.2) is 5.38 Å². The van der Waals surface area contributed by atoms with E-state index in [2.05, 4.69) is 20.9 Å². The Hall–Kier alpha value is -0.920. The standard InChI is InChI=1S/C8H14N4OS2/c1-9-7(14)11-3-2-10-4-6-5-15-8(13)12-6/h5,10H,2-4H2,1H3,(H,12,13)(H2,9,11,14). The zero-order valence-electron chi connectivity index (χ0n) is 8.41. The third-order valence-electron chi connectivity index (χ3n) is 1.66. The van der Waals surface area contributed by atoms with Gasteiger partial charge in [-0.15, -0.1) is 0 Å². The van der Waals surface area contributed by atoms with Gasteiger partial charge in [-0.1, -0.05) is 11.3 Å². The zero-order valence-corrected chi connectivity index (χ0v) is 10.0. The van der Waals surface area contributed by atoms with Gasteiger partial charge < -0.3 is 21.1 Å². The van der Waals surface area contributed by atoms with Crippen LogP contribution in [0.4, 0.5) is 0 Å². The van der Waals surface area contributed by atoms with Crippen LogP contribution < -0.4 is 16.0 Å². The van der Waals surface area contributed by atoms with E-state index in [0.29, 0.717) is 11.7 Å².